The molecule has 0 aromatic carbocycles. The summed E-state index contributed by atoms with van der Waals surface area (Å²) >= 11 is 1.44. The van der Waals surface area contributed by atoms with Crippen LogP contribution in [-0.4, -0.2) is 6.29 Å². The molecular weight excluding hydrogens is 200 g/mol. The van der Waals surface area contributed by atoms with Crippen molar-refractivity contribution in [2.24, 2.45) is 0 Å². The monoisotopic (exact) mass is 208 g/mol. The molecule has 0 unspecified atom stereocenters. The van der Waals surface area contributed by atoms with E-state index in [0.29, 0.717) is 17.1 Å². The number of aryl methyl sites for hydroxylation is 1. The first-order valence-corrected chi connectivity index (χ1v) is 4.88. The second kappa shape index (κ2) is 3.75. The topological polar surface area (TPSA) is 43.4 Å². The predicted molar refractivity (Wildman–Crippen MR) is 51.7 cm³/mol. The molecule has 0 saturated carbocycles. The normalized spacial score (nSPS) is 10.4. The van der Waals surface area contributed by atoms with Crippen LogP contribution in [0.25, 0.3) is 0 Å². The van der Waals surface area contributed by atoms with Gasteiger partial charge in [-0.25, -0.2) is 0 Å². The van der Waals surface area contributed by atoms with Gasteiger partial charge in [0.2, 0.25) is 0 Å². The second-order valence-electron chi connectivity index (χ2n) is 2.72. The summed E-state index contributed by atoms with van der Waals surface area (Å²) in [6, 6.07) is 5.27. The van der Waals surface area contributed by atoms with Crippen molar-refractivity contribution in [3.63, 3.8) is 0 Å². The smallest absolute Gasteiger partial charge is 0.185 e. The van der Waals surface area contributed by atoms with Crippen LogP contribution in [0.15, 0.2) is 43.3 Å². The Morgan fingerprint density at radius 3 is 2.79 bits per heavy atom. The summed E-state index contributed by atoms with van der Waals surface area (Å²) in [4.78, 5) is 11.4. The zero-order valence-corrected chi connectivity index (χ0v) is 8.34. The largest absolute Gasteiger partial charge is 0.468 e. The van der Waals surface area contributed by atoms with Gasteiger partial charge in [-0.2, -0.15) is 0 Å². The fourth-order valence-corrected chi connectivity index (χ4v) is 1.85. The zero-order valence-electron chi connectivity index (χ0n) is 7.52. The van der Waals surface area contributed by atoms with Gasteiger partial charge in [-0.1, -0.05) is 0 Å². The number of furan rings is 2. The predicted octanol–water partition coefficient (Wildman–Crippen LogP) is 3.14. The van der Waals surface area contributed by atoms with Gasteiger partial charge in [0.05, 0.1) is 11.2 Å². The number of rotatable bonds is 3. The van der Waals surface area contributed by atoms with Crippen molar-refractivity contribution < 1.29 is 13.6 Å². The van der Waals surface area contributed by atoms with Gasteiger partial charge in [0, 0.05) is 0 Å². The van der Waals surface area contributed by atoms with Gasteiger partial charge in [-0.15, -0.1) is 0 Å². The molecule has 0 bridgehead atoms. The molecule has 2 heterocycles. The molecule has 0 radical (unpaired) electrons. The third kappa shape index (κ3) is 1.75. The van der Waals surface area contributed by atoms with E-state index >= 15 is 0 Å². The Bertz CT molecular complexity index is 442. The van der Waals surface area contributed by atoms with Gasteiger partial charge in [0.15, 0.2) is 17.1 Å². The molecule has 0 N–H and O–H groups in total. The maximum atomic E-state index is 10.4. The fourth-order valence-electron chi connectivity index (χ4n) is 1.04. The van der Waals surface area contributed by atoms with Crippen molar-refractivity contribution in [3.05, 3.63) is 36.0 Å². The van der Waals surface area contributed by atoms with Crippen LogP contribution in [0, 0.1) is 6.92 Å². The van der Waals surface area contributed by atoms with Crippen LogP contribution in [0.4, 0.5) is 0 Å². The van der Waals surface area contributed by atoms with Crippen LogP contribution in [0.3, 0.4) is 0 Å². The highest BCUT2D eigenvalue weighted by Gasteiger charge is 2.07. The average molecular weight is 208 g/mol. The maximum absolute atomic E-state index is 10.4. The summed E-state index contributed by atoms with van der Waals surface area (Å²) in [7, 11) is 0. The molecule has 2 aromatic heterocycles. The first-order chi connectivity index (χ1) is 6.79. The fraction of sp³-hybridized carbons (Fsp3) is 0.100. The number of carbonyl (C=O) groups excluding carboxylic acids is 1. The second-order valence-corrected chi connectivity index (χ2v) is 3.76. The molecule has 0 amide bonds. The Morgan fingerprint density at radius 1 is 1.36 bits per heavy atom. The third-order valence-corrected chi connectivity index (χ3v) is 2.80. The Hall–Kier alpha value is -1.42. The van der Waals surface area contributed by atoms with Crippen molar-refractivity contribution in [1.82, 2.24) is 0 Å². The third-order valence-electron chi connectivity index (χ3n) is 1.74. The van der Waals surface area contributed by atoms with Gasteiger partial charge < -0.3 is 8.83 Å². The first-order valence-electron chi connectivity index (χ1n) is 4.06. The summed E-state index contributed by atoms with van der Waals surface area (Å²) in [6.45, 7) is 1.88. The van der Waals surface area contributed by atoms with Crippen LogP contribution in [0.1, 0.15) is 16.3 Å². The standard InChI is InChI=1S/C10H8O3S/c1-7-9(4-5-12-7)14-10-3-2-8(6-11)13-10/h2-6H,1H3. The molecule has 4 heteroatoms. The molecule has 14 heavy (non-hydrogen) atoms. The van der Waals surface area contributed by atoms with E-state index in [2.05, 4.69) is 0 Å². The van der Waals surface area contributed by atoms with Crippen molar-refractivity contribution in [3.8, 4) is 0 Å². The lowest BCUT2D eigenvalue weighted by molar-refractivity contribution is 0.109. The Kier molecular flexibility index (Phi) is 2.45. The number of hydrogen-bond donors (Lipinski definition) is 0. The van der Waals surface area contributed by atoms with Crippen LogP contribution >= 0.6 is 11.8 Å². The van der Waals surface area contributed by atoms with Crippen molar-refractivity contribution in [2.75, 3.05) is 0 Å². The number of aldehydes is 1. The summed E-state index contributed by atoms with van der Waals surface area (Å²) in [5.74, 6) is 1.19. The van der Waals surface area contributed by atoms with E-state index in [1.807, 2.05) is 13.0 Å². The molecule has 0 aliphatic rings. The average Bonchev–Trinajstić information content (AvgIpc) is 2.77. The van der Waals surface area contributed by atoms with E-state index in [1.165, 1.54) is 11.8 Å². The summed E-state index contributed by atoms with van der Waals surface area (Å²) in [5, 5.41) is 0.691. The first kappa shape index (κ1) is 9.15. The molecule has 3 nitrogen and oxygen atoms in total. The molecule has 72 valence electrons. The van der Waals surface area contributed by atoms with Gasteiger partial charge in [-0.3, -0.25) is 4.79 Å². The number of hydrogen-bond acceptors (Lipinski definition) is 4. The highest BCUT2D eigenvalue weighted by atomic mass is 32.2. The lowest BCUT2D eigenvalue weighted by Crippen LogP contribution is -1.70. The lowest BCUT2D eigenvalue weighted by Gasteiger charge is -1.93. The van der Waals surface area contributed by atoms with Crippen molar-refractivity contribution >= 4 is 18.0 Å². The van der Waals surface area contributed by atoms with Crippen LogP contribution < -0.4 is 0 Å². The van der Waals surface area contributed by atoms with E-state index in [-0.39, 0.29) is 0 Å². The van der Waals surface area contributed by atoms with Crippen LogP contribution in [0.5, 0.6) is 0 Å². The molecule has 0 aliphatic carbocycles. The Morgan fingerprint density at radius 2 is 2.21 bits per heavy atom. The van der Waals surface area contributed by atoms with Gasteiger partial charge in [0.1, 0.15) is 5.76 Å². The minimum atomic E-state index is 0.341. The molecule has 0 saturated heterocycles. The number of carbonyl (C=O) groups is 1. The van der Waals surface area contributed by atoms with Crippen LogP contribution in [0.2, 0.25) is 0 Å². The van der Waals surface area contributed by atoms with Crippen LogP contribution in [-0.2, 0) is 0 Å². The quantitative estimate of drug-likeness (QED) is 0.727. The molecule has 2 rings (SSSR count). The van der Waals surface area contributed by atoms with E-state index in [4.69, 9.17) is 8.83 Å². The lowest BCUT2D eigenvalue weighted by atomic mass is 10.5. The van der Waals surface area contributed by atoms with E-state index in [9.17, 15) is 4.79 Å². The summed E-state index contributed by atoms with van der Waals surface area (Å²) < 4.78 is 10.4. The van der Waals surface area contributed by atoms with Gasteiger partial charge in [-0.05, 0) is 36.9 Å². The Labute approximate surface area is 85.1 Å². The Balaban J connectivity index is 2.18. The summed E-state index contributed by atoms with van der Waals surface area (Å²) in [5.41, 5.74) is 0. The van der Waals surface area contributed by atoms with Crippen molar-refractivity contribution in [2.45, 2.75) is 16.9 Å². The highest BCUT2D eigenvalue weighted by molar-refractivity contribution is 7.99. The highest BCUT2D eigenvalue weighted by Crippen LogP contribution is 2.31. The molecule has 0 atom stereocenters. The molecule has 2 aromatic rings. The minimum absolute atomic E-state index is 0.341. The van der Waals surface area contributed by atoms with Gasteiger partial charge >= 0.3 is 0 Å². The SMILES string of the molecule is Cc1occc1Sc1ccc(C=O)o1. The van der Waals surface area contributed by atoms with E-state index < -0.39 is 0 Å². The van der Waals surface area contributed by atoms with E-state index in [0.717, 1.165) is 10.7 Å². The maximum Gasteiger partial charge on any atom is 0.185 e. The summed E-state index contributed by atoms with van der Waals surface area (Å²) in [6.07, 6.45) is 2.31. The molecule has 0 fully saturated rings. The minimum Gasteiger partial charge on any atom is -0.468 e. The molecule has 0 aliphatic heterocycles. The van der Waals surface area contributed by atoms with Gasteiger partial charge in [0.25, 0.3) is 0 Å². The molecule has 0 spiro atoms. The van der Waals surface area contributed by atoms with Crippen molar-refractivity contribution in [1.29, 1.82) is 0 Å². The zero-order chi connectivity index (χ0) is 9.97. The van der Waals surface area contributed by atoms with E-state index in [1.54, 1.807) is 18.4 Å². The molecular formula is C10H8O3S.